The Balaban J connectivity index is 2.21. The number of rotatable bonds is 4. The summed E-state index contributed by atoms with van der Waals surface area (Å²) in [5.41, 5.74) is 0.0307. The molecule has 0 aliphatic heterocycles. The van der Waals surface area contributed by atoms with Gasteiger partial charge in [0.15, 0.2) is 15.6 Å². The van der Waals surface area contributed by atoms with Gasteiger partial charge >= 0.3 is 0 Å². The van der Waals surface area contributed by atoms with E-state index in [2.05, 4.69) is 4.98 Å². The molecule has 0 saturated carbocycles. The molecule has 0 bridgehead atoms. The summed E-state index contributed by atoms with van der Waals surface area (Å²) < 4.78 is 28.6. The Bertz CT molecular complexity index is 818. The maximum atomic E-state index is 12.1. The van der Waals surface area contributed by atoms with Crippen LogP contribution >= 0.6 is 0 Å². The number of hydrogen-bond acceptors (Lipinski definition) is 5. The minimum atomic E-state index is -3.30. The summed E-state index contributed by atoms with van der Waals surface area (Å²) in [6.07, 6.45) is 2.60. The van der Waals surface area contributed by atoms with Crippen LogP contribution < -0.4 is 4.74 Å². The fourth-order valence-corrected chi connectivity index (χ4v) is 2.55. The largest absolute Gasteiger partial charge is 0.439 e. The summed E-state index contributed by atoms with van der Waals surface area (Å²) in [5.74, 6) is 0.659. The van der Waals surface area contributed by atoms with Gasteiger partial charge in [-0.1, -0.05) is 26.8 Å². The van der Waals surface area contributed by atoms with E-state index in [1.54, 1.807) is 24.3 Å². The molecule has 6 heteroatoms. The van der Waals surface area contributed by atoms with Gasteiger partial charge in [0.2, 0.25) is 5.88 Å². The summed E-state index contributed by atoms with van der Waals surface area (Å²) in [4.78, 5) is 16.4. The molecule has 2 aromatic rings. The van der Waals surface area contributed by atoms with Crippen LogP contribution in [0.4, 0.5) is 0 Å². The first-order valence-electron chi connectivity index (χ1n) is 7.06. The van der Waals surface area contributed by atoms with E-state index in [4.69, 9.17) is 4.74 Å². The predicted octanol–water partition coefficient (Wildman–Crippen LogP) is 3.51. The van der Waals surface area contributed by atoms with Crippen LogP contribution in [0.2, 0.25) is 0 Å². The fourth-order valence-electron chi connectivity index (χ4n) is 1.90. The number of carbonyl (C=O) groups excluding carboxylic acids is 1. The summed E-state index contributed by atoms with van der Waals surface area (Å²) in [6, 6.07) is 9.42. The minimum Gasteiger partial charge on any atom is -0.439 e. The van der Waals surface area contributed by atoms with E-state index in [-0.39, 0.29) is 10.7 Å². The van der Waals surface area contributed by atoms with E-state index in [0.29, 0.717) is 17.2 Å². The molecular weight excluding hydrogens is 314 g/mol. The van der Waals surface area contributed by atoms with Crippen LogP contribution in [0, 0.1) is 5.41 Å². The van der Waals surface area contributed by atoms with Crippen molar-refractivity contribution < 1.29 is 17.9 Å². The number of ketones is 1. The molecule has 23 heavy (non-hydrogen) atoms. The van der Waals surface area contributed by atoms with Gasteiger partial charge in [0.05, 0.1) is 4.90 Å². The number of hydrogen-bond donors (Lipinski definition) is 0. The van der Waals surface area contributed by atoms with Crippen molar-refractivity contribution in [2.24, 2.45) is 5.41 Å². The number of carbonyl (C=O) groups is 1. The van der Waals surface area contributed by atoms with Gasteiger partial charge in [-0.15, -0.1) is 0 Å². The van der Waals surface area contributed by atoms with Crippen molar-refractivity contribution in [3.63, 3.8) is 0 Å². The number of aromatic nitrogens is 1. The number of nitrogens with zero attached hydrogens (tertiary/aromatic N) is 1. The maximum absolute atomic E-state index is 12.1. The van der Waals surface area contributed by atoms with E-state index in [1.165, 1.54) is 18.3 Å². The van der Waals surface area contributed by atoms with Crippen LogP contribution in [0.25, 0.3) is 0 Å². The molecule has 0 unspecified atom stereocenters. The summed E-state index contributed by atoms with van der Waals surface area (Å²) >= 11 is 0. The van der Waals surface area contributed by atoms with Crippen molar-refractivity contribution in [3.05, 3.63) is 48.2 Å². The lowest BCUT2D eigenvalue weighted by atomic mass is 9.87. The van der Waals surface area contributed by atoms with Gasteiger partial charge in [0, 0.05) is 29.5 Å². The molecule has 1 heterocycles. The van der Waals surface area contributed by atoms with Gasteiger partial charge < -0.3 is 4.74 Å². The quantitative estimate of drug-likeness (QED) is 0.801. The molecule has 0 saturated heterocycles. The van der Waals surface area contributed by atoms with Gasteiger partial charge in [0.25, 0.3) is 0 Å². The van der Waals surface area contributed by atoms with Crippen molar-refractivity contribution >= 4 is 15.6 Å². The van der Waals surface area contributed by atoms with Crippen molar-refractivity contribution in [2.45, 2.75) is 25.7 Å². The molecule has 0 aliphatic carbocycles. The van der Waals surface area contributed by atoms with Gasteiger partial charge in [-0.2, -0.15) is 0 Å². The highest BCUT2D eigenvalue weighted by Crippen LogP contribution is 2.24. The second kappa shape index (κ2) is 6.12. The van der Waals surface area contributed by atoms with Crippen molar-refractivity contribution in [1.82, 2.24) is 4.98 Å². The Morgan fingerprint density at radius 1 is 1.13 bits per heavy atom. The molecule has 0 spiro atoms. The van der Waals surface area contributed by atoms with Crippen molar-refractivity contribution in [2.75, 3.05) is 6.26 Å². The summed E-state index contributed by atoms with van der Waals surface area (Å²) in [6.45, 7) is 5.53. The van der Waals surface area contributed by atoms with Crippen LogP contribution in [0.15, 0.2) is 47.5 Å². The predicted molar refractivity (Wildman–Crippen MR) is 87.6 cm³/mol. The molecule has 0 fully saturated rings. The standard InChI is InChI=1S/C17H19NO4S/c1-17(2,3)16(19)12-8-9-15(18-11-12)22-13-6-5-7-14(10-13)23(4,20)21/h5-11H,1-4H3. The normalized spacial score (nSPS) is 12.0. The van der Waals surface area contributed by atoms with Crippen LogP contribution in [0.5, 0.6) is 11.6 Å². The first-order valence-corrected chi connectivity index (χ1v) is 8.95. The average molecular weight is 333 g/mol. The van der Waals surface area contributed by atoms with Crippen LogP contribution in [0.1, 0.15) is 31.1 Å². The van der Waals surface area contributed by atoms with Crippen molar-refractivity contribution in [3.8, 4) is 11.6 Å². The van der Waals surface area contributed by atoms with Gasteiger partial charge in [-0.3, -0.25) is 4.79 Å². The Hall–Kier alpha value is -2.21. The summed E-state index contributed by atoms with van der Waals surface area (Å²) in [7, 11) is -3.30. The minimum absolute atomic E-state index is 0.00405. The Kier molecular flexibility index (Phi) is 4.56. The molecule has 1 aromatic carbocycles. The number of ether oxygens (including phenoxy) is 1. The topological polar surface area (TPSA) is 73.3 Å². The van der Waals surface area contributed by atoms with Crippen LogP contribution in [0.3, 0.4) is 0 Å². The zero-order valence-electron chi connectivity index (χ0n) is 13.5. The first kappa shape index (κ1) is 17.1. The van der Waals surface area contributed by atoms with Crippen LogP contribution in [-0.4, -0.2) is 25.4 Å². The molecule has 0 amide bonds. The Morgan fingerprint density at radius 2 is 1.83 bits per heavy atom. The number of Topliss-reactive ketones (excluding diaryl/α,β-unsaturated/α-hetero) is 1. The van der Waals surface area contributed by atoms with Gasteiger partial charge in [0.1, 0.15) is 5.75 Å². The molecule has 0 radical (unpaired) electrons. The lowest BCUT2D eigenvalue weighted by Crippen LogP contribution is -2.20. The van der Waals surface area contributed by atoms with E-state index in [0.717, 1.165) is 6.26 Å². The van der Waals surface area contributed by atoms with E-state index >= 15 is 0 Å². The third-order valence-electron chi connectivity index (χ3n) is 3.14. The molecule has 122 valence electrons. The third-order valence-corrected chi connectivity index (χ3v) is 4.25. The first-order chi connectivity index (χ1) is 10.6. The molecule has 5 nitrogen and oxygen atoms in total. The fraction of sp³-hybridized carbons (Fsp3) is 0.294. The summed E-state index contributed by atoms with van der Waals surface area (Å²) in [5, 5.41) is 0. The molecule has 0 atom stereocenters. The number of pyridine rings is 1. The lowest BCUT2D eigenvalue weighted by Gasteiger charge is -2.16. The Morgan fingerprint density at radius 3 is 2.35 bits per heavy atom. The molecule has 1 aromatic heterocycles. The van der Waals surface area contributed by atoms with E-state index in [1.807, 2.05) is 20.8 Å². The van der Waals surface area contributed by atoms with Gasteiger partial charge in [-0.25, -0.2) is 13.4 Å². The molecule has 0 N–H and O–H groups in total. The monoisotopic (exact) mass is 333 g/mol. The van der Waals surface area contributed by atoms with Gasteiger partial charge in [-0.05, 0) is 24.3 Å². The third kappa shape index (κ3) is 4.39. The second-order valence-corrected chi connectivity index (χ2v) is 8.33. The zero-order valence-corrected chi connectivity index (χ0v) is 14.3. The SMILES string of the molecule is CC(C)(C)C(=O)c1ccc(Oc2cccc(S(C)(=O)=O)c2)nc1. The van der Waals surface area contributed by atoms with Crippen LogP contribution in [-0.2, 0) is 9.84 Å². The Labute approximate surface area is 136 Å². The number of benzene rings is 1. The van der Waals surface area contributed by atoms with Crippen molar-refractivity contribution in [1.29, 1.82) is 0 Å². The van der Waals surface area contributed by atoms with E-state index in [9.17, 15) is 13.2 Å². The highest BCUT2D eigenvalue weighted by Gasteiger charge is 2.23. The highest BCUT2D eigenvalue weighted by molar-refractivity contribution is 7.90. The van der Waals surface area contributed by atoms with E-state index < -0.39 is 15.3 Å². The average Bonchev–Trinajstić information content (AvgIpc) is 2.46. The highest BCUT2D eigenvalue weighted by atomic mass is 32.2. The second-order valence-electron chi connectivity index (χ2n) is 6.31. The molecular formula is C17H19NO4S. The zero-order chi connectivity index (χ0) is 17.3. The number of sulfone groups is 1. The molecule has 2 rings (SSSR count). The molecule has 0 aliphatic rings. The maximum Gasteiger partial charge on any atom is 0.219 e. The smallest absolute Gasteiger partial charge is 0.219 e. The lowest BCUT2D eigenvalue weighted by molar-refractivity contribution is 0.0858.